The van der Waals surface area contributed by atoms with Gasteiger partial charge in [-0.1, -0.05) is 26.7 Å². The molecule has 0 radical (unpaired) electrons. The normalized spacial score (nSPS) is 25.0. The van der Waals surface area contributed by atoms with E-state index in [2.05, 4.69) is 19.2 Å². The predicted molar refractivity (Wildman–Crippen MR) is 107 cm³/mol. The first-order chi connectivity index (χ1) is 13.4. The largest absolute Gasteiger partial charge is 0.463 e. The van der Waals surface area contributed by atoms with Crippen molar-refractivity contribution in [2.45, 2.75) is 59.3 Å². The van der Waals surface area contributed by atoms with E-state index >= 15 is 0 Å². The molecule has 0 aromatic heterocycles. The van der Waals surface area contributed by atoms with Gasteiger partial charge in [0.25, 0.3) is 0 Å². The first-order valence-electron chi connectivity index (χ1n) is 10.6. The van der Waals surface area contributed by atoms with E-state index in [0.717, 1.165) is 49.1 Å². The van der Waals surface area contributed by atoms with E-state index in [1.165, 1.54) is 0 Å². The predicted octanol–water partition coefficient (Wildman–Crippen LogP) is 2.83. The Morgan fingerprint density at radius 3 is 2.61 bits per heavy atom. The second-order valence-corrected chi connectivity index (χ2v) is 8.93. The number of ether oxygens (including phenoxy) is 2. The average molecular weight is 391 g/mol. The third-order valence-corrected chi connectivity index (χ3v) is 6.04. The summed E-state index contributed by atoms with van der Waals surface area (Å²) >= 11 is 0. The van der Waals surface area contributed by atoms with Crippen LogP contribution in [-0.2, 0) is 19.1 Å². The van der Waals surface area contributed by atoms with Crippen LogP contribution in [0.25, 0.3) is 0 Å². The van der Waals surface area contributed by atoms with Crippen LogP contribution < -0.4 is 11.1 Å². The molecule has 1 heterocycles. The lowest BCUT2D eigenvalue weighted by atomic mass is 9.66. The lowest BCUT2D eigenvalue weighted by molar-refractivity contribution is -0.139. The molecule has 1 unspecified atom stereocenters. The highest BCUT2D eigenvalue weighted by molar-refractivity contribution is 6.02. The van der Waals surface area contributed by atoms with Crippen LogP contribution >= 0.6 is 0 Å². The number of nitrogens with two attached hydrogens (primary N) is 1. The summed E-state index contributed by atoms with van der Waals surface area (Å²) in [5, 5.41) is 3.41. The molecule has 0 aromatic carbocycles. The number of esters is 1. The van der Waals surface area contributed by atoms with Gasteiger partial charge in [-0.05, 0) is 37.5 Å². The SMILES string of the molecule is CCOC(=O)C1=C(COCCN)NC2=C(C(=O)CC(C)(C)C2)C1C1CCCC1. The number of carbonyl (C=O) groups excluding carboxylic acids is 2. The molecule has 1 aliphatic heterocycles. The maximum Gasteiger partial charge on any atom is 0.336 e. The Labute approximate surface area is 167 Å². The van der Waals surface area contributed by atoms with Crippen molar-refractivity contribution >= 4 is 11.8 Å². The van der Waals surface area contributed by atoms with Crippen molar-refractivity contribution in [3.8, 4) is 0 Å². The monoisotopic (exact) mass is 390 g/mol. The van der Waals surface area contributed by atoms with Gasteiger partial charge in [-0.3, -0.25) is 4.79 Å². The molecule has 0 spiro atoms. The standard InChI is InChI=1S/C22H34N2O4/c1-4-28-21(26)20-16(13-27-10-9-23)24-15-11-22(2,3)12-17(25)19(15)18(20)14-7-5-6-8-14/h14,18,24H,4-13,23H2,1-3H3. The lowest BCUT2D eigenvalue weighted by Crippen LogP contribution is -2.42. The molecule has 0 aromatic rings. The van der Waals surface area contributed by atoms with Gasteiger partial charge in [0.1, 0.15) is 0 Å². The minimum atomic E-state index is -0.331. The maximum absolute atomic E-state index is 13.2. The van der Waals surface area contributed by atoms with Crippen LogP contribution in [0.1, 0.15) is 59.3 Å². The Morgan fingerprint density at radius 1 is 1.25 bits per heavy atom. The van der Waals surface area contributed by atoms with Crippen LogP contribution in [0.2, 0.25) is 0 Å². The van der Waals surface area contributed by atoms with Crippen LogP contribution in [0.4, 0.5) is 0 Å². The number of Topliss-reactive ketones (excluding diaryl/α,β-unsaturated/α-hetero) is 1. The number of dihydropyridines is 1. The molecule has 0 saturated heterocycles. The zero-order chi connectivity index (χ0) is 20.3. The number of rotatable bonds is 7. The molecule has 28 heavy (non-hydrogen) atoms. The van der Waals surface area contributed by atoms with E-state index < -0.39 is 0 Å². The van der Waals surface area contributed by atoms with E-state index in [-0.39, 0.29) is 29.7 Å². The van der Waals surface area contributed by atoms with E-state index in [0.29, 0.717) is 37.7 Å². The molecule has 0 amide bonds. The van der Waals surface area contributed by atoms with Crippen LogP contribution in [0.5, 0.6) is 0 Å². The number of nitrogens with one attached hydrogen (secondary N) is 1. The third-order valence-electron chi connectivity index (χ3n) is 6.04. The van der Waals surface area contributed by atoms with Crippen LogP contribution in [0.15, 0.2) is 22.5 Å². The molecule has 3 rings (SSSR count). The van der Waals surface area contributed by atoms with Gasteiger partial charge in [0.15, 0.2) is 5.78 Å². The number of hydrogen-bond acceptors (Lipinski definition) is 6. The first kappa shape index (κ1) is 21.1. The number of hydrogen-bond donors (Lipinski definition) is 2. The van der Waals surface area contributed by atoms with E-state index in [4.69, 9.17) is 15.2 Å². The topological polar surface area (TPSA) is 90.7 Å². The summed E-state index contributed by atoms with van der Waals surface area (Å²) in [6, 6.07) is 0. The van der Waals surface area contributed by atoms with E-state index in [1.807, 2.05) is 6.92 Å². The van der Waals surface area contributed by atoms with Gasteiger partial charge in [0.2, 0.25) is 0 Å². The van der Waals surface area contributed by atoms with E-state index in [9.17, 15) is 9.59 Å². The number of ketones is 1. The van der Waals surface area contributed by atoms with Gasteiger partial charge in [0, 0.05) is 30.2 Å². The van der Waals surface area contributed by atoms with Crippen LogP contribution in [-0.4, -0.2) is 38.1 Å². The number of carbonyl (C=O) groups is 2. The molecule has 1 saturated carbocycles. The molecule has 0 bridgehead atoms. The highest BCUT2D eigenvalue weighted by Crippen LogP contribution is 2.48. The Morgan fingerprint density at radius 2 is 1.96 bits per heavy atom. The highest BCUT2D eigenvalue weighted by Gasteiger charge is 2.46. The van der Waals surface area contributed by atoms with Crippen molar-refractivity contribution in [2.75, 3.05) is 26.4 Å². The molecule has 3 aliphatic rings. The van der Waals surface area contributed by atoms with Gasteiger partial charge in [0.05, 0.1) is 31.1 Å². The van der Waals surface area contributed by atoms with Crippen molar-refractivity contribution < 1.29 is 19.1 Å². The summed E-state index contributed by atoms with van der Waals surface area (Å²) < 4.78 is 11.1. The van der Waals surface area contributed by atoms with Crippen LogP contribution in [0, 0.1) is 17.3 Å². The second-order valence-electron chi connectivity index (χ2n) is 8.93. The van der Waals surface area contributed by atoms with Crippen molar-refractivity contribution in [1.29, 1.82) is 0 Å². The Hall–Kier alpha value is -1.66. The minimum Gasteiger partial charge on any atom is -0.463 e. The summed E-state index contributed by atoms with van der Waals surface area (Å²) in [4.78, 5) is 26.2. The molecular formula is C22H34N2O4. The molecular weight excluding hydrogens is 356 g/mol. The fourth-order valence-electron chi connectivity index (χ4n) is 4.98. The molecule has 6 nitrogen and oxygen atoms in total. The zero-order valence-electron chi connectivity index (χ0n) is 17.4. The quantitative estimate of drug-likeness (QED) is 0.513. The number of allylic oxidation sites excluding steroid dienone is 2. The Kier molecular flexibility index (Phi) is 6.61. The lowest BCUT2D eigenvalue weighted by Gasteiger charge is -2.41. The van der Waals surface area contributed by atoms with Gasteiger partial charge in [-0.25, -0.2) is 4.79 Å². The van der Waals surface area contributed by atoms with Crippen molar-refractivity contribution in [1.82, 2.24) is 5.32 Å². The molecule has 1 fully saturated rings. The second kappa shape index (κ2) is 8.78. The molecule has 1 atom stereocenters. The summed E-state index contributed by atoms with van der Waals surface area (Å²) in [7, 11) is 0. The summed E-state index contributed by atoms with van der Waals surface area (Å²) in [6.07, 6.45) is 5.69. The van der Waals surface area contributed by atoms with Gasteiger partial charge in [-0.15, -0.1) is 0 Å². The van der Waals surface area contributed by atoms with Crippen molar-refractivity contribution in [3.05, 3.63) is 22.5 Å². The average Bonchev–Trinajstić information content (AvgIpc) is 3.14. The van der Waals surface area contributed by atoms with Crippen molar-refractivity contribution in [2.24, 2.45) is 23.0 Å². The highest BCUT2D eigenvalue weighted by atomic mass is 16.5. The summed E-state index contributed by atoms with van der Waals surface area (Å²) in [5.74, 6) is -0.0409. The van der Waals surface area contributed by atoms with Crippen LogP contribution in [0.3, 0.4) is 0 Å². The molecule has 2 aliphatic carbocycles. The van der Waals surface area contributed by atoms with Gasteiger partial charge < -0.3 is 20.5 Å². The molecule has 156 valence electrons. The van der Waals surface area contributed by atoms with Crippen molar-refractivity contribution in [3.63, 3.8) is 0 Å². The van der Waals surface area contributed by atoms with E-state index in [1.54, 1.807) is 0 Å². The molecule has 6 heteroatoms. The molecule has 3 N–H and O–H groups in total. The zero-order valence-corrected chi connectivity index (χ0v) is 17.4. The Bertz CT molecular complexity index is 687. The fraction of sp³-hybridized carbons (Fsp3) is 0.727. The minimum absolute atomic E-state index is 0.0895. The summed E-state index contributed by atoms with van der Waals surface area (Å²) in [5.41, 5.74) is 8.60. The first-order valence-corrected chi connectivity index (χ1v) is 10.6. The summed E-state index contributed by atoms with van der Waals surface area (Å²) in [6.45, 7) is 7.48. The smallest absolute Gasteiger partial charge is 0.336 e. The fourth-order valence-corrected chi connectivity index (χ4v) is 4.98. The van der Waals surface area contributed by atoms with Gasteiger partial charge in [-0.2, -0.15) is 0 Å². The third kappa shape index (κ3) is 4.33. The maximum atomic E-state index is 13.2. The van der Waals surface area contributed by atoms with Gasteiger partial charge >= 0.3 is 5.97 Å². The Balaban J connectivity index is 2.05.